The molecular formula is C21H15Cl2N3O2S2. The standard InChI is InChI=1S/C21H15Cl2N3O2S2/c1-11-17(12-5-3-2-4-6-12)18-19(28)25-21(26-20(18)30-11)29-10-16(27)24-15-8-13(22)7-14(23)9-15/h2-9H,10H2,1H3,(H,24,27)(H,25,26,28). The van der Waals surface area contributed by atoms with Crippen molar-refractivity contribution in [2.24, 2.45) is 0 Å². The lowest BCUT2D eigenvalue weighted by molar-refractivity contribution is -0.113. The van der Waals surface area contributed by atoms with E-state index in [1.807, 2.05) is 37.3 Å². The quantitative estimate of drug-likeness (QED) is 0.274. The molecule has 1 amide bonds. The van der Waals surface area contributed by atoms with Crippen LogP contribution in [-0.4, -0.2) is 21.6 Å². The van der Waals surface area contributed by atoms with Crippen LogP contribution < -0.4 is 10.9 Å². The van der Waals surface area contributed by atoms with Gasteiger partial charge in [-0.15, -0.1) is 11.3 Å². The van der Waals surface area contributed by atoms with Gasteiger partial charge in [-0.25, -0.2) is 4.98 Å². The van der Waals surface area contributed by atoms with Crippen LogP contribution in [0.5, 0.6) is 0 Å². The summed E-state index contributed by atoms with van der Waals surface area (Å²) in [5, 5.41) is 4.57. The van der Waals surface area contributed by atoms with Gasteiger partial charge in [-0.3, -0.25) is 9.59 Å². The monoisotopic (exact) mass is 475 g/mol. The highest BCUT2D eigenvalue weighted by Gasteiger charge is 2.17. The van der Waals surface area contributed by atoms with Crippen molar-refractivity contribution in [1.29, 1.82) is 0 Å². The molecule has 2 aromatic heterocycles. The highest BCUT2D eigenvalue weighted by Crippen LogP contribution is 2.35. The summed E-state index contributed by atoms with van der Waals surface area (Å²) in [7, 11) is 0. The Hall–Kier alpha value is -2.32. The van der Waals surface area contributed by atoms with Gasteiger partial charge >= 0.3 is 0 Å². The van der Waals surface area contributed by atoms with Crippen LogP contribution in [0.4, 0.5) is 5.69 Å². The first kappa shape index (κ1) is 20.9. The number of benzene rings is 2. The number of thiophene rings is 1. The lowest BCUT2D eigenvalue weighted by Gasteiger charge is -2.06. The number of nitrogens with one attached hydrogen (secondary N) is 2. The number of hydrogen-bond donors (Lipinski definition) is 2. The first-order valence-electron chi connectivity index (χ1n) is 8.88. The second-order valence-corrected chi connectivity index (χ2v) is 9.49. The minimum absolute atomic E-state index is 0.0779. The van der Waals surface area contributed by atoms with Gasteiger partial charge in [-0.2, -0.15) is 0 Å². The highest BCUT2D eigenvalue weighted by atomic mass is 35.5. The average Bonchev–Trinajstić information content (AvgIpc) is 3.02. The molecule has 0 saturated heterocycles. The predicted octanol–water partition coefficient (Wildman–Crippen LogP) is 6.00. The number of carbonyl (C=O) groups excluding carboxylic acids is 1. The van der Waals surface area contributed by atoms with E-state index < -0.39 is 0 Å². The number of rotatable bonds is 5. The fraction of sp³-hybridized carbons (Fsp3) is 0.0952. The second kappa shape index (κ2) is 8.81. The number of anilines is 1. The Morgan fingerprint density at radius 1 is 1.17 bits per heavy atom. The maximum atomic E-state index is 12.8. The number of aryl methyl sites for hydroxylation is 1. The first-order chi connectivity index (χ1) is 14.4. The van der Waals surface area contributed by atoms with Crippen molar-refractivity contribution in [3.63, 3.8) is 0 Å². The number of fused-ring (bicyclic) bond motifs is 1. The van der Waals surface area contributed by atoms with Crippen LogP contribution in [0.3, 0.4) is 0 Å². The van der Waals surface area contributed by atoms with E-state index in [2.05, 4.69) is 15.3 Å². The van der Waals surface area contributed by atoms with Crippen LogP contribution in [0.25, 0.3) is 21.3 Å². The molecule has 152 valence electrons. The Kier molecular flexibility index (Phi) is 6.15. The Balaban J connectivity index is 1.54. The molecule has 5 nitrogen and oxygen atoms in total. The van der Waals surface area contributed by atoms with Crippen molar-refractivity contribution in [2.45, 2.75) is 12.1 Å². The summed E-state index contributed by atoms with van der Waals surface area (Å²) in [5.74, 6) is -0.178. The van der Waals surface area contributed by atoms with Crippen LogP contribution in [0.1, 0.15) is 4.88 Å². The third-order valence-corrected chi connectivity index (χ3v) is 6.57. The number of aromatic nitrogens is 2. The normalized spacial score (nSPS) is 11.0. The van der Waals surface area contributed by atoms with Crippen LogP contribution in [0.15, 0.2) is 58.5 Å². The Bertz CT molecular complexity index is 1280. The number of nitrogens with zero attached hydrogens (tertiary/aromatic N) is 1. The minimum Gasteiger partial charge on any atom is -0.325 e. The Labute approximate surface area is 190 Å². The van der Waals surface area contributed by atoms with Gasteiger partial charge in [0.15, 0.2) is 5.16 Å². The molecule has 0 radical (unpaired) electrons. The molecule has 2 heterocycles. The van der Waals surface area contributed by atoms with E-state index in [9.17, 15) is 9.59 Å². The van der Waals surface area contributed by atoms with E-state index in [1.165, 1.54) is 11.3 Å². The fourth-order valence-electron chi connectivity index (χ4n) is 3.08. The number of halogens is 2. The zero-order valence-corrected chi connectivity index (χ0v) is 18.8. The summed E-state index contributed by atoms with van der Waals surface area (Å²) in [6.07, 6.45) is 0. The number of amides is 1. The largest absolute Gasteiger partial charge is 0.325 e. The van der Waals surface area contributed by atoms with Gasteiger partial charge in [0.1, 0.15) is 4.83 Å². The first-order valence-corrected chi connectivity index (χ1v) is 11.4. The second-order valence-electron chi connectivity index (χ2n) is 6.45. The minimum atomic E-state index is -0.256. The maximum Gasteiger partial charge on any atom is 0.260 e. The Morgan fingerprint density at radius 2 is 1.87 bits per heavy atom. The van der Waals surface area contributed by atoms with Crippen LogP contribution >= 0.6 is 46.3 Å². The SMILES string of the molecule is Cc1sc2nc(SCC(=O)Nc3cc(Cl)cc(Cl)c3)[nH]c(=O)c2c1-c1ccccc1. The van der Waals surface area contributed by atoms with Crippen molar-refractivity contribution in [2.75, 3.05) is 11.1 Å². The molecule has 9 heteroatoms. The molecular weight excluding hydrogens is 461 g/mol. The van der Waals surface area contributed by atoms with Crippen molar-refractivity contribution in [3.8, 4) is 11.1 Å². The summed E-state index contributed by atoms with van der Waals surface area (Å²) >= 11 is 14.5. The van der Waals surface area contributed by atoms with Gasteiger partial charge in [0.25, 0.3) is 5.56 Å². The molecule has 4 aromatic rings. The van der Waals surface area contributed by atoms with Crippen molar-refractivity contribution < 1.29 is 4.79 Å². The third kappa shape index (κ3) is 4.54. The molecule has 2 N–H and O–H groups in total. The molecule has 0 unspecified atom stereocenters. The van der Waals surface area contributed by atoms with E-state index in [4.69, 9.17) is 23.2 Å². The van der Waals surface area contributed by atoms with Crippen molar-refractivity contribution in [1.82, 2.24) is 9.97 Å². The third-order valence-electron chi connectivity index (χ3n) is 4.27. The summed E-state index contributed by atoms with van der Waals surface area (Å²) < 4.78 is 0. The van der Waals surface area contributed by atoms with Crippen molar-refractivity contribution >= 4 is 68.1 Å². The maximum absolute atomic E-state index is 12.8. The molecule has 0 fully saturated rings. The molecule has 0 atom stereocenters. The van der Waals surface area contributed by atoms with E-state index in [-0.39, 0.29) is 17.2 Å². The molecule has 30 heavy (non-hydrogen) atoms. The van der Waals surface area contributed by atoms with Gasteiger partial charge in [0.05, 0.1) is 11.1 Å². The summed E-state index contributed by atoms with van der Waals surface area (Å²) in [6.45, 7) is 1.98. The number of hydrogen-bond acceptors (Lipinski definition) is 5. The van der Waals surface area contributed by atoms with Gasteiger partial charge in [-0.05, 0) is 30.7 Å². The Morgan fingerprint density at radius 3 is 2.57 bits per heavy atom. The molecule has 4 rings (SSSR count). The predicted molar refractivity (Wildman–Crippen MR) is 126 cm³/mol. The van der Waals surface area contributed by atoms with E-state index >= 15 is 0 Å². The van der Waals surface area contributed by atoms with E-state index in [0.29, 0.717) is 31.1 Å². The van der Waals surface area contributed by atoms with Crippen LogP contribution in [0, 0.1) is 6.92 Å². The topological polar surface area (TPSA) is 74.8 Å². The van der Waals surface area contributed by atoms with E-state index in [0.717, 1.165) is 27.8 Å². The van der Waals surface area contributed by atoms with E-state index in [1.54, 1.807) is 18.2 Å². The number of aromatic amines is 1. The molecule has 0 saturated carbocycles. The smallest absolute Gasteiger partial charge is 0.260 e. The molecule has 0 aliphatic heterocycles. The molecule has 0 aliphatic rings. The van der Waals surface area contributed by atoms with Crippen molar-refractivity contribution in [3.05, 3.63) is 73.8 Å². The summed E-state index contributed by atoms with van der Waals surface area (Å²) in [5.41, 5.74) is 2.18. The number of carbonyl (C=O) groups is 1. The molecule has 0 bridgehead atoms. The zero-order chi connectivity index (χ0) is 21.3. The summed E-state index contributed by atoms with van der Waals surface area (Å²) in [6, 6.07) is 14.6. The number of thioether (sulfide) groups is 1. The van der Waals surface area contributed by atoms with Gasteiger partial charge in [0.2, 0.25) is 5.91 Å². The average molecular weight is 476 g/mol. The molecule has 0 aliphatic carbocycles. The molecule has 2 aromatic carbocycles. The van der Waals surface area contributed by atoms with Crippen LogP contribution in [0.2, 0.25) is 10.0 Å². The zero-order valence-electron chi connectivity index (χ0n) is 15.7. The molecule has 0 spiro atoms. The lowest BCUT2D eigenvalue weighted by atomic mass is 10.0. The fourth-order valence-corrected chi connectivity index (χ4v) is 5.37. The van der Waals surface area contributed by atoms with Gasteiger partial charge in [-0.1, -0.05) is 65.3 Å². The van der Waals surface area contributed by atoms with Gasteiger partial charge < -0.3 is 10.3 Å². The highest BCUT2D eigenvalue weighted by molar-refractivity contribution is 7.99. The van der Waals surface area contributed by atoms with Crippen LogP contribution in [-0.2, 0) is 4.79 Å². The van der Waals surface area contributed by atoms with Gasteiger partial charge in [0, 0.05) is 26.2 Å². The number of H-pyrrole nitrogens is 1. The summed E-state index contributed by atoms with van der Waals surface area (Å²) in [4.78, 5) is 34.1. The lowest BCUT2D eigenvalue weighted by Crippen LogP contribution is -2.15.